The van der Waals surface area contributed by atoms with Crippen LogP contribution >= 0.6 is 11.3 Å². The van der Waals surface area contributed by atoms with Gasteiger partial charge in [-0.05, 0) is 61.4 Å². The standard InChI is InChI=1S/C21H22N4O2S/c1-27-18-7-6-15(16-10-11-28-21(16)18)17-12-22-20-9-8-19(24-25(17)20)23-13-2-4-14(26)5-3-13/h6-14,26H,2-5H2,1H3,(H,23,24). The number of benzene rings is 1. The van der Waals surface area contributed by atoms with Gasteiger partial charge in [-0.15, -0.1) is 16.4 Å². The Kier molecular flexibility index (Phi) is 4.41. The van der Waals surface area contributed by atoms with Crippen molar-refractivity contribution in [3.8, 4) is 17.0 Å². The molecule has 0 spiro atoms. The molecule has 0 unspecified atom stereocenters. The van der Waals surface area contributed by atoms with E-state index in [1.165, 1.54) is 0 Å². The highest BCUT2D eigenvalue weighted by molar-refractivity contribution is 7.17. The zero-order valence-corrected chi connectivity index (χ0v) is 16.4. The second-order valence-corrected chi connectivity index (χ2v) is 8.18. The molecule has 4 aromatic rings. The van der Waals surface area contributed by atoms with Gasteiger partial charge in [-0.3, -0.25) is 0 Å². The van der Waals surface area contributed by atoms with Crippen LogP contribution in [0.3, 0.4) is 0 Å². The number of hydrogen-bond acceptors (Lipinski definition) is 6. The van der Waals surface area contributed by atoms with E-state index in [0.717, 1.165) is 64.2 Å². The molecule has 0 saturated heterocycles. The van der Waals surface area contributed by atoms with E-state index in [1.54, 1.807) is 18.4 Å². The highest BCUT2D eigenvalue weighted by atomic mass is 32.1. The normalized spacial score (nSPS) is 19.9. The molecule has 1 aliphatic rings. The molecule has 0 radical (unpaired) electrons. The molecule has 1 saturated carbocycles. The van der Waals surface area contributed by atoms with Crippen LogP contribution in [0, 0.1) is 0 Å². The Bertz CT molecular complexity index is 1130. The summed E-state index contributed by atoms with van der Waals surface area (Å²) in [6.45, 7) is 0. The number of hydrogen-bond donors (Lipinski definition) is 2. The van der Waals surface area contributed by atoms with Gasteiger partial charge in [-0.2, -0.15) is 0 Å². The average molecular weight is 395 g/mol. The lowest BCUT2D eigenvalue weighted by molar-refractivity contribution is 0.126. The van der Waals surface area contributed by atoms with Crippen LogP contribution < -0.4 is 10.1 Å². The Morgan fingerprint density at radius 3 is 2.82 bits per heavy atom. The summed E-state index contributed by atoms with van der Waals surface area (Å²) < 4.78 is 8.53. The van der Waals surface area contributed by atoms with Gasteiger partial charge in [0.05, 0.1) is 29.8 Å². The topological polar surface area (TPSA) is 71.7 Å². The molecular formula is C21H22N4O2S. The van der Waals surface area contributed by atoms with E-state index in [-0.39, 0.29) is 6.10 Å². The van der Waals surface area contributed by atoms with Gasteiger partial charge in [0.15, 0.2) is 5.65 Å². The maximum absolute atomic E-state index is 9.71. The van der Waals surface area contributed by atoms with Crippen LogP contribution in [0.5, 0.6) is 5.75 Å². The molecule has 144 valence electrons. The Hall–Kier alpha value is -2.64. The van der Waals surface area contributed by atoms with Crippen molar-refractivity contribution in [3.05, 3.63) is 41.9 Å². The molecule has 0 bridgehead atoms. The number of methoxy groups -OCH3 is 1. The molecular weight excluding hydrogens is 372 g/mol. The fourth-order valence-electron chi connectivity index (χ4n) is 3.98. The minimum absolute atomic E-state index is 0.156. The van der Waals surface area contributed by atoms with E-state index >= 15 is 0 Å². The van der Waals surface area contributed by atoms with Crippen molar-refractivity contribution in [3.63, 3.8) is 0 Å². The molecule has 6 nitrogen and oxygen atoms in total. The summed E-state index contributed by atoms with van der Waals surface area (Å²) in [4.78, 5) is 4.54. The number of ether oxygens (including phenoxy) is 1. The largest absolute Gasteiger partial charge is 0.495 e. The van der Waals surface area contributed by atoms with Crippen molar-refractivity contribution in [2.75, 3.05) is 12.4 Å². The van der Waals surface area contributed by atoms with Gasteiger partial charge in [0.25, 0.3) is 0 Å². The lowest BCUT2D eigenvalue weighted by Gasteiger charge is -2.26. The number of aliphatic hydroxyl groups is 1. The number of anilines is 1. The first kappa shape index (κ1) is 17.5. The van der Waals surface area contributed by atoms with Crippen LogP contribution in [0.15, 0.2) is 41.9 Å². The number of nitrogens with zero attached hydrogens (tertiary/aromatic N) is 3. The zero-order chi connectivity index (χ0) is 19.1. The van der Waals surface area contributed by atoms with E-state index < -0.39 is 0 Å². The Labute approximate surface area is 166 Å². The lowest BCUT2D eigenvalue weighted by Crippen LogP contribution is -2.28. The highest BCUT2D eigenvalue weighted by Gasteiger charge is 2.20. The first-order valence-electron chi connectivity index (χ1n) is 9.57. The van der Waals surface area contributed by atoms with E-state index in [9.17, 15) is 5.11 Å². The fourth-order valence-corrected chi connectivity index (χ4v) is 4.90. The number of aromatic nitrogens is 3. The Morgan fingerprint density at radius 2 is 2.00 bits per heavy atom. The zero-order valence-electron chi connectivity index (χ0n) is 15.6. The van der Waals surface area contributed by atoms with Crippen molar-refractivity contribution in [1.29, 1.82) is 0 Å². The second kappa shape index (κ2) is 7.07. The summed E-state index contributed by atoms with van der Waals surface area (Å²) in [5, 5.41) is 21.3. The number of imidazole rings is 1. The van der Waals surface area contributed by atoms with Crippen molar-refractivity contribution in [2.45, 2.75) is 37.8 Å². The number of aliphatic hydroxyl groups excluding tert-OH is 1. The molecule has 3 aromatic heterocycles. The smallest absolute Gasteiger partial charge is 0.154 e. The molecule has 5 rings (SSSR count). The van der Waals surface area contributed by atoms with Gasteiger partial charge in [0, 0.05) is 17.0 Å². The number of rotatable bonds is 4. The van der Waals surface area contributed by atoms with Crippen molar-refractivity contribution in [2.24, 2.45) is 0 Å². The maximum Gasteiger partial charge on any atom is 0.154 e. The van der Waals surface area contributed by atoms with Crippen LogP contribution in [0.1, 0.15) is 25.7 Å². The quantitative estimate of drug-likeness (QED) is 0.539. The van der Waals surface area contributed by atoms with Crippen molar-refractivity contribution < 1.29 is 9.84 Å². The summed E-state index contributed by atoms with van der Waals surface area (Å²) in [7, 11) is 1.70. The molecule has 2 N–H and O–H groups in total. The summed E-state index contributed by atoms with van der Waals surface area (Å²) in [6, 6.07) is 10.5. The SMILES string of the molecule is COc1ccc(-c2cnc3ccc(NC4CCC(O)CC4)nn23)c2ccsc12. The predicted molar refractivity (Wildman–Crippen MR) is 112 cm³/mol. The summed E-state index contributed by atoms with van der Waals surface area (Å²) >= 11 is 1.67. The van der Waals surface area contributed by atoms with E-state index in [0.29, 0.717) is 6.04 Å². The number of thiophene rings is 1. The van der Waals surface area contributed by atoms with Gasteiger partial charge in [0.2, 0.25) is 0 Å². The van der Waals surface area contributed by atoms with Gasteiger partial charge < -0.3 is 15.2 Å². The highest BCUT2D eigenvalue weighted by Crippen LogP contribution is 2.37. The van der Waals surface area contributed by atoms with Gasteiger partial charge >= 0.3 is 0 Å². The molecule has 0 aliphatic heterocycles. The first-order valence-corrected chi connectivity index (χ1v) is 10.4. The van der Waals surface area contributed by atoms with Gasteiger partial charge in [0.1, 0.15) is 11.6 Å². The second-order valence-electron chi connectivity index (χ2n) is 7.26. The van der Waals surface area contributed by atoms with Crippen LogP contribution in [-0.2, 0) is 0 Å². The molecule has 1 aromatic carbocycles. The van der Waals surface area contributed by atoms with Crippen molar-refractivity contribution >= 4 is 32.9 Å². The van der Waals surface area contributed by atoms with Crippen LogP contribution in [-0.4, -0.2) is 39.0 Å². The van der Waals surface area contributed by atoms with Gasteiger partial charge in [-0.1, -0.05) is 0 Å². The maximum atomic E-state index is 9.71. The average Bonchev–Trinajstić information content (AvgIpc) is 3.36. The molecule has 0 atom stereocenters. The minimum atomic E-state index is -0.156. The first-order chi connectivity index (χ1) is 13.7. The fraction of sp³-hybridized carbons (Fsp3) is 0.333. The molecule has 28 heavy (non-hydrogen) atoms. The summed E-state index contributed by atoms with van der Waals surface area (Å²) in [5.74, 6) is 1.72. The monoisotopic (exact) mass is 394 g/mol. The van der Waals surface area contributed by atoms with E-state index in [4.69, 9.17) is 9.84 Å². The van der Waals surface area contributed by atoms with E-state index in [1.807, 2.05) is 28.9 Å². The molecule has 0 amide bonds. The molecule has 3 heterocycles. The number of nitrogens with one attached hydrogen (secondary N) is 1. The van der Waals surface area contributed by atoms with E-state index in [2.05, 4.69) is 27.8 Å². The summed E-state index contributed by atoms with van der Waals surface area (Å²) in [6.07, 6.45) is 5.34. The lowest BCUT2D eigenvalue weighted by atomic mass is 9.93. The van der Waals surface area contributed by atoms with Crippen LogP contribution in [0.4, 0.5) is 5.82 Å². The van der Waals surface area contributed by atoms with Crippen LogP contribution in [0.25, 0.3) is 27.0 Å². The third-order valence-corrected chi connectivity index (χ3v) is 6.42. The molecule has 7 heteroatoms. The summed E-state index contributed by atoms with van der Waals surface area (Å²) in [5.41, 5.74) is 2.87. The van der Waals surface area contributed by atoms with Crippen molar-refractivity contribution in [1.82, 2.24) is 14.6 Å². The Morgan fingerprint density at radius 1 is 1.14 bits per heavy atom. The Balaban J connectivity index is 1.53. The van der Waals surface area contributed by atoms with Crippen LogP contribution in [0.2, 0.25) is 0 Å². The molecule has 1 aliphatic carbocycles. The predicted octanol–water partition coefficient (Wildman–Crippen LogP) is 4.34. The third kappa shape index (κ3) is 3.00. The minimum Gasteiger partial charge on any atom is -0.495 e. The number of fused-ring (bicyclic) bond motifs is 2. The van der Waals surface area contributed by atoms with Gasteiger partial charge in [-0.25, -0.2) is 9.50 Å². The molecule has 1 fully saturated rings. The third-order valence-electron chi connectivity index (χ3n) is 5.49.